The van der Waals surface area contributed by atoms with Gasteiger partial charge in [0.1, 0.15) is 11.5 Å². The summed E-state index contributed by atoms with van der Waals surface area (Å²) in [7, 11) is 3.36. The van der Waals surface area contributed by atoms with Crippen LogP contribution in [0.3, 0.4) is 0 Å². The van der Waals surface area contributed by atoms with Crippen molar-refractivity contribution in [3.05, 3.63) is 36.4 Å². The summed E-state index contributed by atoms with van der Waals surface area (Å²) >= 11 is 0. The van der Waals surface area contributed by atoms with Crippen LogP contribution in [-0.4, -0.2) is 50.7 Å². The van der Waals surface area contributed by atoms with Gasteiger partial charge in [0.2, 0.25) is 5.91 Å². The van der Waals surface area contributed by atoms with Gasteiger partial charge < -0.3 is 14.8 Å². The highest BCUT2D eigenvalue weighted by atomic mass is 16.5. The standard InChI is InChI=1S/C21H32N2O3/c1-5-10-22-21(24)16(2)23-11-8-17(9-12-23)6-7-18-13-19(25-3)15-20(14-18)26-4/h5,13-17H,1,6-12H2,2-4H3,(H,22,24). The minimum absolute atomic E-state index is 0.0708. The molecule has 5 heteroatoms. The highest BCUT2D eigenvalue weighted by Crippen LogP contribution is 2.27. The number of ether oxygens (including phenoxy) is 2. The Labute approximate surface area is 157 Å². The number of likely N-dealkylation sites (tertiary alicyclic amines) is 1. The number of hydrogen-bond acceptors (Lipinski definition) is 4. The van der Waals surface area contributed by atoms with E-state index in [2.05, 4.69) is 28.9 Å². The lowest BCUT2D eigenvalue weighted by molar-refractivity contribution is -0.126. The van der Waals surface area contributed by atoms with Crippen molar-refractivity contribution in [1.82, 2.24) is 10.2 Å². The van der Waals surface area contributed by atoms with E-state index in [4.69, 9.17) is 9.47 Å². The third kappa shape index (κ3) is 5.77. The van der Waals surface area contributed by atoms with Crippen LogP contribution < -0.4 is 14.8 Å². The van der Waals surface area contributed by atoms with E-state index in [0.29, 0.717) is 12.5 Å². The van der Waals surface area contributed by atoms with Crippen LogP contribution in [0.2, 0.25) is 0 Å². The van der Waals surface area contributed by atoms with Gasteiger partial charge in [-0.3, -0.25) is 9.69 Å². The molecule has 0 aromatic heterocycles. The maximum Gasteiger partial charge on any atom is 0.237 e. The average molecular weight is 360 g/mol. The molecule has 0 bridgehead atoms. The number of nitrogens with one attached hydrogen (secondary N) is 1. The average Bonchev–Trinajstić information content (AvgIpc) is 2.69. The molecule has 5 nitrogen and oxygen atoms in total. The number of piperidine rings is 1. The minimum atomic E-state index is -0.0708. The zero-order valence-corrected chi connectivity index (χ0v) is 16.3. The van der Waals surface area contributed by atoms with E-state index in [1.807, 2.05) is 13.0 Å². The first-order valence-corrected chi connectivity index (χ1v) is 9.42. The molecular weight excluding hydrogens is 328 g/mol. The van der Waals surface area contributed by atoms with Crippen molar-refractivity contribution in [2.75, 3.05) is 33.9 Å². The number of rotatable bonds is 9. The van der Waals surface area contributed by atoms with Gasteiger partial charge in [-0.2, -0.15) is 0 Å². The number of nitrogens with zero attached hydrogens (tertiary/aromatic N) is 1. The Morgan fingerprint density at radius 3 is 2.42 bits per heavy atom. The topological polar surface area (TPSA) is 50.8 Å². The third-order valence-corrected chi connectivity index (χ3v) is 5.25. The van der Waals surface area contributed by atoms with Crippen LogP contribution in [0, 0.1) is 5.92 Å². The van der Waals surface area contributed by atoms with E-state index in [0.717, 1.165) is 50.3 Å². The van der Waals surface area contributed by atoms with Gasteiger partial charge >= 0.3 is 0 Å². The van der Waals surface area contributed by atoms with Gasteiger partial charge in [0.05, 0.1) is 20.3 Å². The first-order chi connectivity index (χ1) is 12.6. The Balaban J connectivity index is 1.80. The predicted octanol–water partition coefficient (Wildman–Crippen LogP) is 3.04. The molecule has 2 rings (SSSR count). The van der Waals surface area contributed by atoms with E-state index in [1.165, 1.54) is 5.56 Å². The second-order valence-electron chi connectivity index (χ2n) is 6.95. The van der Waals surface area contributed by atoms with Crippen molar-refractivity contribution in [2.24, 2.45) is 5.92 Å². The number of hydrogen-bond donors (Lipinski definition) is 1. The number of aryl methyl sites for hydroxylation is 1. The number of carbonyl (C=O) groups is 1. The molecule has 0 saturated carbocycles. The quantitative estimate of drug-likeness (QED) is 0.688. The zero-order valence-electron chi connectivity index (χ0n) is 16.3. The molecule has 0 spiro atoms. The van der Waals surface area contributed by atoms with Gasteiger partial charge in [-0.1, -0.05) is 6.08 Å². The number of carbonyl (C=O) groups excluding carboxylic acids is 1. The van der Waals surface area contributed by atoms with Crippen molar-refractivity contribution in [3.8, 4) is 11.5 Å². The Hall–Kier alpha value is -2.01. The lowest BCUT2D eigenvalue weighted by Gasteiger charge is -2.35. The molecule has 144 valence electrons. The Kier molecular flexibility index (Phi) is 7.98. The van der Waals surface area contributed by atoms with Crippen molar-refractivity contribution in [2.45, 2.75) is 38.6 Å². The second kappa shape index (κ2) is 10.2. The molecule has 1 aliphatic rings. The summed E-state index contributed by atoms with van der Waals surface area (Å²) in [6.45, 7) is 8.12. The number of amides is 1. The molecule has 1 aromatic carbocycles. The normalized spacial score (nSPS) is 16.7. The lowest BCUT2D eigenvalue weighted by Crippen LogP contribution is -2.48. The van der Waals surface area contributed by atoms with Crippen LogP contribution in [0.15, 0.2) is 30.9 Å². The third-order valence-electron chi connectivity index (χ3n) is 5.25. The summed E-state index contributed by atoms with van der Waals surface area (Å²) in [6.07, 6.45) is 6.17. The van der Waals surface area contributed by atoms with Gasteiger partial charge in [-0.05, 0) is 69.3 Å². The van der Waals surface area contributed by atoms with E-state index in [9.17, 15) is 4.79 Å². The molecule has 0 aliphatic carbocycles. The Morgan fingerprint density at radius 2 is 1.88 bits per heavy atom. The molecule has 1 fully saturated rings. The van der Waals surface area contributed by atoms with E-state index in [1.54, 1.807) is 20.3 Å². The fraction of sp³-hybridized carbons (Fsp3) is 0.571. The summed E-state index contributed by atoms with van der Waals surface area (Å²) in [4.78, 5) is 14.4. The molecule has 1 unspecified atom stereocenters. The van der Waals surface area contributed by atoms with Crippen molar-refractivity contribution in [1.29, 1.82) is 0 Å². The van der Waals surface area contributed by atoms with Crippen LogP contribution in [0.25, 0.3) is 0 Å². The van der Waals surface area contributed by atoms with Crippen LogP contribution in [-0.2, 0) is 11.2 Å². The summed E-state index contributed by atoms with van der Waals surface area (Å²) in [5.74, 6) is 2.47. The molecular formula is C21H32N2O3. The molecule has 1 amide bonds. The summed E-state index contributed by atoms with van der Waals surface area (Å²) in [5.41, 5.74) is 1.25. The monoisotopic (exact) mass is 360 g/mol. The predicted molar refractivity (Wildman–Crippen MR) is 105 cm³/mol. The fourth-order valence-electron chi connectivity index (χ4n) is 3.50. The number of benzene rings is 1. The van der Waals surface area contributed by atoms with Gasteiger partial charge in [-0.15, -0.1) is 6.58 Å². The molecule has 1 N–H and O–H groups in total. The molecule has 26 heavy (non-hydrogen) atoms. The maximum absolute atomic E-state index is 12.1. The van der Waals surface area contributed by atoms with Crippen molar-refractivity contribution >= 4 is 5.91 Å². The fourth-order valence-corrected chi connectivity index (χ4v) is 3.50. The second-order valence-corrected chi connectivity index (χ2v) is 6.95. The highest BCUT2D eigenvalue weighted by Gasteiger charge is 2.26. The molecule has 1 aromatic rings. The lowest BCUT2D eigenvalue weighted by atomic mass is 9.90. The summed E-state index contributed by atoms with van der Waals surface area (Å²) < 4.78 is 10.7. The molecule has 1 heterocycles. The first-order valence-electron chi connectivity index (χ1n) is 9.42. The van der Waals surface area contributed by atoms with Crippen LogP contribution >= 0.6 is 0 Å². The zero-order chi connectivity index (χ0) is 18.9. The van der Waals surface area contributed by atoms with Crippen LogP contribution in [0.5, 0.6) is 11.5 Å². The van der Waals surface area contributed by atoms with E-state index < -0.39 is 0 Å². The summed E-state index contributed by atoms with van der Waals surface area (Å²) in [6, 6.07) is 6.01. The van der Waals surface area contributed by atoms with Crippen LogP contribution in [0.1, 0.15) is 31.7 Å². The van der Waals surface area contributed by atoms with E-state index in [-0.39, 0.29) is 11.9 Å². The van der Waals surface area contributed by atoms with Gasteiger partial charge in [-0.25, -0.2) is 0 Å². The molecule has 1 atom stereocenters. The smallest absolute Gasteiger partial charge is 0.237 e. The first kappa shape index (κ1) is 20.3. The largest absolute Gasteiger partial charge is 0.497 e. The van der Waals surface area contributed by atoms with Gasteiger partial charge in [0.15, 0.2) is 0 Å². The molecule has 1 aliphatic heterocycles. The number of methoxy groups -OCH3 is 2. The van der Waals surface area contributed by atoms with Gasteiger partial charge in [0, 0.05) is 12.6 Å². The van der Waals surface area contributed by atoms with E-state index >= 15 is 0 Å². The minimum Gasteiger partial charge on any atom is -0.497 e. The molecule has 1 saturated heterocycles. The maximum atomic E-state index is 12.1. The van der Waals surface area contributed by atoms with Crippen molar-refractivity contribution in [3.63, 3.8) is 0 Å². The van der Waals surface area contributed by atoms with Crippen LogP contribution in [0.4, 0.5) is 0 Å². The van der Waals surface area contributed by atoms with Crippen molar-refractivity contribution < 1.29 is 14.3 Å². The highest BCUT2D eigenvalue weighted by molar-refractivity contribution is 5.81. The summed E-state index contributed by atoms with van der Waals surface area (Å²) in [5, 5.41) is 2.89. The SMILES string of the molecule is C=CCNC(=O)C(C)N1CCC(CCc2cc(OC)cc(OC)c2)CC1. The molecule has 0 radical (unpaired) electrons. The Morgan fingerprint density at radius 1 is 1.27 bits per heavy atom. The Bertz CT molecular complexity index is 573. The van der Waals surface area contributed by atoms with Gasteiger partial charge in [0.25, 0.3) is 0 Å².